The number of halogens is 1. The first kappa shape index (κ1) is 18.0. The average Bonchev–Trinajstić information content (AvgIpc) is 3.32. The van der Waals surface area contributed by atoms with Crippen LogP contribution in [0.25, 0.3) is 5.69 Å². The molecule has 2 aliphatic carbocycles. The van der Waals surface area contributed by atoms with Crippen molar-refractivity contribution in [2.45, 2.75) is 38.3 Å². The number of nitrogens with two attached hydrogens (primary N) is 1. The second-order valence-corrected chi connectivity index (χ2v) is 7.21. The minimum Gasteiger partial charge on any atom is -0.349 e. The summed E-state index contributed by atoms with van der Waals surface area (Å²) in [5.74, 6) is 1.15. The zero-order valence-electron chi connectivity index (χ0n) is 14.3. The highest BCUT2D eigenvalue weighted by molar-refractivity contribution is 5.85. The fraction of sp³-hybridized carbons (Fsp3) is 0.474. The summed E-state index contributed by atoms with van der Waals surface area (Å²) in [4.78, 5) is 12.7. The highest BCUT2D eigenvalue weighted by Gasteiger charge is 2.49. The van der Waals surface area contributed by atoms with Crippen LogP contribution in [0.15, 0.2) is 42.7 Å². The highest BCUT2D eigenvalue weighted by atomic mass is 35.5. The Morgan fingerprint density at radius 2 is 2.00 bits per heavy atom. The number of fused-ring (bicyclic) bond motifs is 2. The summed E-state index contributed by atoms with van der Waals surface area (Å²) >= 11 is 0. The number of amides is 1. The SMILES string of the molecule is CC(NC(=O)C1C2CCC(C2)C1N)c1ccc(-n2cccn2)cc1.Cl. The number of carbonyl (C=O) groups is 1. The molecule has 2 aliphatic rings. The van der Waals surface area contributed by atoms with Crippen LogP contribution in [0.5, 0.6) is 0 Å². The van der Waals surface area contributed by atoms with Crippen molar-refractivity contribution in [1.82, 2.24) is 15.1 Å². The predicted molar refractivity (Wildman–Crippen MR) is 99.7 cm³/mol. The molecular formula is C19H25ClN4O. The number of nitrogens with zero attached hydrogens (tertiary/aromatic N) is 2. The lowest BCUT2D eigenvalue weighted by molar-refractivity contribution is -0.127. The summed E-state index contributed by atoms with van der Waals surface area (Å²) in [6.45, 7) is 2.03. The van der Waals surface area contributed by atoms with E-state index >= 15 is 0 Å². The summed E-state index contributed by atoms with van der Waals surface area (Å²) in [7, 11) is 0. The van der Waals surface area contributed by atoms with Crippen molar-refractivity contribution >= 4 is 18.3 Å². The Labute approximate surface area is 154 Å². The molecule has 0 radical (unpaired) electrons. The van der Waals surface area contributed by atoms with Crippen molar-refractivity contribution in [2.24, 2.45) is 23.5 Å². The van der Waals surface area contributed by atoms with Gasteiger partial charge in [0.25, 0.3) is 0 Å². The van der Waals surface area contributed by atoms with Gasteiger partial charge < -0.3 is 11.1 Å². The Morgan fingerprint density at radius 1 is 1.28 bits per heavy atom. The van der Waals surface area contributed by atoms with Crippen LogP contribution in [0.2, 0.25) is 0 Å². The number of rotatable bonds is 4. The molecule has 3 N–H and O–H groups in total. The average molecular weight is 361 g/mol. The zero-order valence-corrected chi connectivity index (χ0v) is 15.2. The first-order valence-electron chi connectivity index (χ1n) is 8.79. The van der Waals surface area contributed by atoms with E-state index in [2.05, 4.69) is 10.4 Å². The Kier molecular flexibility index (Phi) is 5.16. The third-order valence-electron chi connectivity index (χ3n) is 5.80. The van der Waals surface area contributed by atoms with Gasteiger partial charge in [-0.1, -0.05) is 12.1 Å². The van der Waals surface area contributed by atoms with Crippen molar-refractivity contribution in [3.63, 3.8) is 0 Å². The molecule has 4 rings (SSSR count). The van der Waals surface area contributed by atoms with E-state index in [0.717, 1.165) is 24.1 Å². The minimum absolute atomic E-state index is 0. The predicted octanol–water partition coefficient (Wildman–Crippen LogP) is 2.84. The second-order valence-electron chi connectivity index (χ2n) is 7.21. The molecule has 25 heavy (non-hydrogen) atoms. The Hall–Kier alpha value is -1.85. The smallest absolute Gasteiger partial charge is 0.225 e. The van der Waals surface area contributed by atoms with Gasteiger partial charge in [0.2, 0.25) is 5.91 Å². The van der Waals surface area contributed by atoms with Crippen LogP contribution < -0.4 is 11.1 Å². The second kappa shape index (κ2) is 7.18. The van der Waals surface area contributed by atoms with E-state index in [1.165, 1.54) is 6.42 Å². The van der Waals surface area contributed by atoms with Gasteiger partial charge in [0, 0.05) is 18.4 Å². The number of hydrogen-bond donors (Lipinski definition) is 2. The van der Waals surface area contributed by atoms with E-state index < -0.39 is 0 Å². The van der Waals surface area contributed by atoms with Gasteiger partial charge in [0.1, 0.15) is 0 Å². The molecule has 2 bridgehead atoms. The van der Waals surface area contributed by atoms with Crippen molar-refractivity contribution in [2.75, 3.05) is 0 Å². The molecule has 134 valence electrons. The molecule has 0 spiro atoms. The van der Waals surface area contributed by atoms with Gasteiger partial charge in [0.15, 0.2) is 0 Å². The maximum Gasteiger partial charge on any atom is 0.225 e. The largest absolute Gasteiger partial charge is 0.349 e. The van der Waals surface area contributed by atoms with E-state index in [-0.39, 0.29) is 36.3 Å². The summed E-state index contributed by atoms with van der Waals surface area (Å²) in [6.07, 6.45) is 7.15. The van der Waals surface area contributed by atoms with Crippen molar-refractivity contribution < 1.29 is 4.79 Å². The molecule has 1 aromatic heterocycles. The molecule has 2 aromatic rings. The summed E-state index contributed by atoms with van der Waals surface area (Å²) < 4.78 is 1.82. The third kappa shape index (κ3) is 3.31. The van der Waals surface area contributed by atoms with Crippen LogP contribution in [-0.2, 0) is 4.79 Å². The topological polar surface area (TPSA) is 72.9 Å². The molecule has 5 atom stereocenters. The van der Waals surface area contributed by atoms with Gasteiger partial charge in [-0.05, 0) is 61.8 Å². The lowest BCUT2D eigenvalue weighted by Gasteiger charge is -2.28. The van der Waals surface area contributed by atoms with Crippen molar-refractivity contribution in [3.8, 4) is 5.69 Å². The summed E-state index contributed by atoms with van der Waals surface area (Å²) in [5.41, 5.74) is 8.39. The fourth-order valence-electron chi connectivity index (χ4n) is 4.46. The van der Waals surface area contributed by atoms with E-state index in [4.69, 9.17) is 5.73 Å². The molecule has 2 saturated carbocycles. The number of benzene rings is 1. The van der Waals surface area contributed by atoms with Gasteiger partial charge in [0.05, 0.1) is 17.6 Å². The monoisotopic (exact) mass is 360 g/mol. The number of carbonyl (C=O) groups excluding carboxylic acids is 1. The standard InChI is InChI=1S/C19H24N4O.ClH/c1-12(13-5-7-16(8-6-13)23-10-2-9-21-23)22-19(24)17-14-3-4-15(11-14)18(17)20;/h2,5-10,12,14-15,17-18H,3-4,11,20H2,1H3,(H,22,24);1H. The van der Waals surface area contributed by atoms with Gasteiger partial charge in [-0.25, -0.2) is 4.68 Å². The van der Waals surface area contributed by atoms with Gasteiger partial charge in [-0.15, -0.1) is 12.4 Å². The molecule has 1 heterocycles. The zero-order chi connectivity index (χ0) is 16.7. The molecule has 2 fully saturated rings. The summed E-state index contributed by atoms with van der Waals surface area (Å²) in [5, 5.41) is 7.39. The number of nitrogens with one attached hydrogen (secondary N) is 1. The van der Waals surface area contributed by atoms with Crippen LogP contribution in [0.1, 0.15) is 37.8 Å². The van der Waals surface area contributed by atoms with Crippen LogP contribution in [0.4, 0.5) is 0 Å². The first-order chi connectivity index (χ1) is 11.6. The summed E-state index contributed by atoms with van der Waals surface area (Å²) in [6, 6.07) is 10.1. The van der Waals surface area contributed by atoms with Gasteiger partial charge in [-0.2, -0.15) is 5.10 Å². The lowest BCUT2D eigenvalue weighted by Crippen LogP contribution is -2.45. The van der Waals surface area contributed by atoms with Crippen molar-refractivity contribution in [1.29, 1.82) is 0 Å². The fourth-order valence-corrected chi connectivity index (χ4v) is 4.46. The molecule has 1 amide bonds. The van der Waals surface area contributed by atoms with Crippen molar-refractivity contribution in [3.05, 3.63) is 48.3 Å². The minimum atomic E-state index is -0.0181. The molecule has 5 unspecified atom stereocenters. The van der Waals surface area contributed by atoms with E-state index in [0.29, 0.717) is 11.8 Å². The Balaban J connectivity index is 0.00000182. The van der Waals surface area contributed by atoms with E-state index in [1.807, 2.05) is 48.1 Å². The Morgan fingerprint density at radius 3 is 2.60 bits per heavy atom. The quantitative estimate of drug-likeness (QED) is 0.880. The third-order valence-corrected chi connectivity index (χ3v) is 5.80. The molecule has 6 heteroatoms. The first-order valence-corrected chi connectivity index (χ1v) is 8.79. The van der Waals surface area contributed by atoms with E-state index in [1.54, 1.807) is 6.20 Å². The Bertz CT molecular complexity index is 714. The maximum atomic E-state index is 12.7. The molecule has 0 saturated heterocycles. The molecule has 5 nitrogen and oxygen atoms in total. The molecule has 0 aliphatic heterocycles. The lowest BCUT2D eigenvalue weighted by atomic mass is 9.84. The highest BCUT2D eigenvalue weighted by Crippen LogP contribution is 2.47. The van der Waals surface area contributed by atoms with Gasteiger partial charge in [-0.3, -0.25) is 4.79 Å². The van der Waals surface area contributed by atoms with Crippen LogP contribution in [0, 0.1) is 17.8 Å². The maximum absolute atomic E-state index is 12.7. The van der Waals surface area contributed by atoms with Gasteiger partial charge >= 0.3 is 0 Å². The normalized spacial score (nSPS) is 28.4. The number of aromatic nitrogens is 2. The molecule has 1 aromatic carbocycles. The van der Waals surface area contributed by atoms with Crippen LogP contribution in [-0.4, -0.2) is 21.7 Å². The van der Waals surface area contributed by atoms with Crippen LogP contribution in [0.3, 0.4) is 0 Å². The van der Waals surface area contributed by atoms with Crippen LogP contribution >= 0.6 is 12.4 Å². The molecular weight excluding hydrogens is 336 g/mol. The number of hydrogen-bond acceptors (Lipinski definition) is 3. The van der Waals surface area contributed by atoms with E-state index in [9.17, 15) is 4.79 Å².